The number of benzene rings is 1. The van der Waals surface area contributed by atoms with Gasteiger partial charge in [-0.2, -0.15) is 19.6 Å². The fourth-order valence-electron chi connectivity index (χ4n) is 3.97. The number of nitrogens with two attached hydrogens (primary N) is 1. The van der Waals surface area contributed by atoms with Crippen LogP contribution >= 0.6 is 11.6 Å². The molecule has 1 aromatic carbocycles. The summed E-state index contributed by atoms with van der Waals surface area (Å²) >= 11 is 5.87. The van der Waals surface area contributed by atoms with Gasteiger partial charge in [0.1, 0.15) is 5.82 Å². The first kappa shape index (κ1) is 20.5. The van der Waals surface area contributed by atoms with E-state index in [4.69, 9.17) is 17.3 Å². The first-order valence-electron chi connectivity index (χ1n) is 10.3. The number of piperazine rings is 1. The fourth-order valence-corrected chi connectivity index (χ4v) is 4.13. The Balaban J connectivity index is 1.28. The van der Waals surface area contributed by atoms with Gasteiger partial charge in [-0.05, 0) is 31.0 Å². The molecule has 4 aromatic rings. The van der Waals surface area contributed by atoms with Crippen molar-refractivity contribution in [2.75, 3.05) is 43.4 Å². The van der Waals surface area contributed by atoms with Gasteiger partial charge in [-0.1, -0.05) is 17.5 Å². The molecule has 0 amide bonds. The molecule has 3 aromatic heterocycles. The summed E-state index contributed by atoms with van der Waals surface area (Å²) in [5, 5.41) is 9.96. The van der Waals surface area contributed by atoms with E-state index in [9.17, 15) is 4.39 Å². The van der Waals surface area contributed by atoms with Crippen LogP contribution in [-0.4, -0.2) is 67.0 Å². The predicted octanol–water partition coefficient (Wildman–Crippen LogP) is 2.04. The average Bonchev–Trinajstić information content (AvgIpc) is 3.37. The largest absolute Gasteiger partial charge is 0.368 e. The Morgan fingerprint density at radius 2 is 1.94 bits per heavy atom. The smallest absolute Gasteiger partial charge is 0.226 e. The van der Waals surface area contributed by atoms with E-state index in [1.807, 2.05) is 9.58 Å². The molecule has 0 bridgehead atoms. The molecule has 5 rings (SSSR count). The van der Waals surface area contributed by atoms with E-state index in [1.165, 1.54) is 10.6 Å². The van der Waals surface area contributed by atoms with Crippen molar-refractivity contribution in [2.24, 2.45) is 0 Å². The van der Waals surface area contributed by atoms with Crippen molar-refractivity contribution in [1.82, 2.24) is 34.3 Å². The van der Waals surface area contributed by atoms with Crippen LogP contribution in [0.15, 0.2) is 24.4 Å². The Kier molecular flexibility index (Phi) is 5.28. The minimum Gasteiger partial charge on any atom is -0.368 e. The normalized spacial score (nSPS) is 14.8. The Bertz CT molecular complexity index is 1360. The molecular formula is C21H21ClFN9. The first-order valence-corrected chi connectivity index (χ1v) is 10.6. The topological polar surface area (TPSA) is 93.4 Å². The second kappa shape index (κ2) is 8.26. The third-order valence-corrected chi connectivity index (χ3v) is 5.82. The molecule has 11 heteroatoms. The van der Waals surface area contributed by atoms with Crippen LogP contribution in [0.1, 0.15) is 12.7 Å². The van der Waals surface area contributed by atoms with Gasteiger partial charge < -0.3 is 10.6 Å². The summed E-state index contributed by atoms with van der Waals surface area (Å²) in [6, 6.07) is 4.81. The van der Waals surface area contributed by atoms with Gasteiger partial charge in [0.2, 0.25) is 11.8 Å². The van der Waals surface area contributed by atoms with Gasteiger partial charge in [0.25, 0.3) is 0 Å². The van der Waals surface area contributed by atoms with E-state index in [0.29, 0.717) is 34.4 Å². The number of anilines is 2. The highest BCUT2D eigenvalue weighted by molar-refractivity contribution is 6.30. The van der Waals surface area contributed by atoms with Crippen molar-refractivity contribution >= 4 is 39.9 Å². The van der Waals surface area contributed by atoms with E-state index in [0.717, 1.165) is 38.1 Å². The summed E-state index contributed by atoms with van der Waals surface area (Å²) < 4.78 is 17.5. The van der Waals surface area contributed by atoms with Crippen molar-refractivity contribution in [2.45, 2.75) is 13.5 Å². The van der Waals surface area contributed by atoms with Crippen molar-refractivity contribution in [1.29, 1.82) is 0 Å². The number of halogens is 2. The third kappa shape index (κ3) is 3.70. The summed E-state index contributed by atoms with van der Waals surface area (Å²) in [5.41, 5.74) is 7.95. The van der Waals surface area contributed by atoms with Crippen molar-refractivity contribution in [3.63, 3.8) is 0 Å². The van der Waals surface area contributed by atoms with E-state index < -0.39 is 0 Å². The molecule has 164 valence electrons. The fraction of sp³-hybridized carbons (Fsp3) is 0.333. The minimum atomic E-state index is -0.287. The van der Waals surface area contributed by atoms with Crippen molar-refractivity contribution in [3.8, 4) is 11.8 Å². The summed E-state index contributed by atoms with van der Waals surface area (Å²) in [4.78, 5) is 13.3. The second-order valence-electron chi connectivity index (χ2n) is 7.55. The van der Waals surface area contributed by atoms with Crippen LogP contribution < -0.4 is 10.6 Å². The van der Waals surface area contributed by atoms with Gasteiger partial charge in [0.05, 0.1) is 23.8 Å². The lowest BCUT2D eigenvalue weighted by Gasteiger charge is -2.36. The number of nitrogens with zero attached hydrogens (tertiary/aromatic N) is 8. The maximum Gasteiger partial charge on any atom is 0.226 e. The Hall–Kier alpha value is -3.42. The molecule has 1 aliphatic heterocycles. The van der Waals surface area contributed by atoms with Gasteiger partial charge >= 0.3 is 0 Å². The maximum absolute atomic E-state index is 14.2. The van der Waals surface area contributed by atoms with Gasteiger partial charge in [0, 0.05) is 37.7 Å². The molecule has 1 saturated heterocycles. The number of hydrogen-bond acceptors (Lipinski definition) is 7. The van der Waals surface area contributed by atoms with Crippen molar-refractivity contribution in [3.05, 3.63) is 41.1 Å². The quantitative estimate of drug-likeness (QED) is 0.472. The Morgan fingerprint density at radius 1 is 1.12 bits per heavy atom. The Labute approximate surface area is 188 Å². The SMILES string of the molecule is CC#Cc1nc2c3cnn(CCN4CCN(c5ccc(Cl)cc5F)CC4)c3nc(N)n2n1. The average molecular weight is 454 g/mol. The van der Waals surface area contributed by atoms with Gasteiger partial charge in [-0.15, -0.1) is 5.10 Å². The predicted molar refractivity (Wildman–Crippen MR) is 121 cm³/mol. The van der Waals surface area contributed by atoms with Crippen LogP contribution in [0.25, 0.3) is 16.7 Å². The molecule has 0 aliphatic carbocycles. The second-order valence-corrected chi connectivity index (χ2v) is 7.98. The summed E-state index contributed by atoms with van der Waals surface area (Å²) in [6.45, 7) is 6.30. The first-order chi connectivity index (χ1) is 15.5. The molecule has 32 heavy (non-hydrogen) atoms. The zero-order valence-corrected chi connectivity index (χ0v) is 18.2. The van der Waals surface area contributed by atoms with Crippen LogP contribution in [0.2, 0.25) is 5.02 Å². The number of aromatic nitrogens is 6. The van der Waals surface area contributed by atoms with Gasteiger partial charge in [-0.25, -0.2) is 9.07 Å². The zero-order valence-electron chi connectivity index (χ0n) is 17.5. The van der Waals surface area contributed by atoms with Crippen molar-refractivity contribution < 1.29 is 4.39 Å². The number of fused-ring (bicyclic) bond motifs is 3. The third-order valence-electron chi connectivity index (χ3n) is 5.58. The highest BCUT2D eigenvalue weighted by Gasteiger charge is 2.20. The highest BCUT2D eigenvalue weighted by Crippen LogP contribution is 2.24. The molecule has 1 fully saturated rings. The van der Waals surface area contributed by atoms with Gasteiger partial charge in [0.15, 0.2) is 11.3 Å². The Morgan fingerprint density at radius 3 is 2.69 bits per heavy atom. The van der Waals surface area contributed by atoms with Crippen LogP contribution in [-0.2, 0) is 6.54 Å². The number of hydrogen-bond donors (Lipinski definition) is 1. The van der Waals surface area contributed by atoms with E-state index in [2.05, 4.69) is 36.9 Å². The monoisotopic (exact) mass is 453 g/mol. The standard InChI is InChI=1S/C21H21ClFN9/c1-2-3-18-26-20-15-13-25-31(19(15)27-21(24)32(20)28-18)11-8-29-6-9-30(10-7-29)17-5-4-14(22)12-16(17)23/h4-5,12-13H,6-11H2,1H3,(H2,24,27). The van der Waals surface area contributed by atoms with Gasteiger partial charge in [-0.3, -0.25) is 4.90 Å². The molecule has 0 saturated carbocycles. The molecule has 0 radical (unpaired) electrons. The summed E-state index contributed by atoms with van der Waals surface area (Å²) in [5.74, 6) is 5.98. The molecular weight excluding hydrogens is 433 g/mol. The summed E-state index contributed by atoms with van der Waals surface area (Å²) in [7, 11) is 0. The molecule has 0 spiro atoms. The molecule has 1 aliphatic rings. The van der Waals surface area contributed by atoms with E-state index in [1.54, 1.807) is 25.3 Å². The van der Waals surface area contributed by atoms with E-state index >= 15 is 0 Å². The van der Waals surface area contributed by atoms with Crippen LogP contribution in [0.5, 0.6) is 0 Å². The molecule has 0 unspecified atom stereocenters. The number of nitrogen functional groups attached to an aromatic ring is 1. The van der Waals surface area contributed by atoms with E-state index in [-0.39, 0.29) is 11.8 Å². The lowest BCUT2D eigenvalue weighted by atomic mass is 10.2. The lowest BCUT2D eigenvalue weighted by Crippen LogP contribution is -2.47. The van der Waals surface area contributed by atoms with Crippen LogP contribution in [0.4, 0.5) is 16.0 Å². The van der Waals surface area contributed by atoms with Crippen LogP contribution in [0.3, 0.4) is 0 Å². The molecule has 2 N–H and O–H groups in total. The lowest BCUT2D eigenvalue weighted by molar-refractivity contribution is 0.245. The summed E-state index contributed by atoms with van der Waals surface area (Å²) in [6.07, 6.45) is 1.73. The minimum absolute atomic E-state index is 0.240. The zero-order chi connectivity index (χ0) is 22.2. The number of rotatable bonds is 4. The molecule has 4 heterocycles. The maximum atomic E-state index is 14.2. The molecule has 9 nitrogen and oxygen atoms in total. The molecule has 0 atom stereocenters. The van der Waals surface area contributed by atoms with Crippen LogP contribution in [0, 0.1) is 17.7 Å². The highest BCUT2D eigenvalue weighted by atomic mass is 35.5.